The molecule has 0 aliphatic heterocycles. The highest BCUT2D eigenvalue weighted by atomic mass is 16.2. The minimum Gasteiger partial charge on any atom is -0.339 e. The zero-order valence-electron chi connectivity index (χ0n) is 12.4. The first-order chi connectivity index (χ1) is 8.45. The molecule has 2 N–H and O–H groups in total. The van der Waals surface area contributed by atoms with Crippen LogP contribution in [0.1, 0.15) is 39.5 Å². The Hall–Kier alpha value is -0.610. The topological polar surface area (TPSA) is 49.6 Å². The summed E-state index contributed by atoms with van der Waals surface area (Å²) in [6.07, 6.45) is 3.92. The summed E-state index contributed by atoms with van der Waals surface area (Å²) < 4.78 is 0. The Labute approximate surface area is 111 Å². The lowest BCUT2D eigenvalue weighted by Gasteiger charge is -2.35. The van der Waals surface area contributed by atoms with Crippen molar-refractivity contribution in [1.82, 2.24) is 9.80 Å². The van der Waals surface area contributed by atoms with Gasteiger partial charge >= 0.3 is 0 Å². The molecule has 0 heterocycles. The Morgan fingerprint density at radius 1 is 1.28 bits per heavy atom. The number of carbonyl (C=O) groups is 1. The molecule has 0 radical (unpaired) electrons. The summed E-state index contributed by atoms with van der Waals surface area (Å²) in [5.74, 6) is 0.535. The van der Waals surface area contributed by atoms with Crippen LogP contribution in [0.4, 0.5) is 0 Å². The second-order valence-corrected chi connectivity index (χ2v) is 5.85. The molecule has 0 bridgehead atoms. The van der Waals surface area contributed by atoms with Crippen molar-refractivity contribution in [3.05, 3.63) is 0 Å². The molecule has 1 aliphatic rings. The number of likely N-dealkylation sites (N-methyl/N-ethyl adjacent to an activating group) is 2. The molecule has 0 spiro atoms. The Balaban J connectivity index is 2.56. The normalized spacial score (nSPS) is 26.1. The standard InChI is InChI=1S/C14H29N3O/c1-5-17(11(2)10-16(3)4)14(18)12-6-8-13(15)9-7-12/h11-13H,5-10,15H2,1-4H3. The van der Waals surface area contributed by atoms with Gasteiger partial charge in [0.1, 0.15) is 0 Å². The first kappa shape index (κ1) is 15.4. The number of hydrogen-bond donors (Lipinski definition) is 1. The van der Waals surface area contributed by atoms with Gasteiger partial charge in [-0.3, -0.25) is 4.79 Å². The summed E-state index contributed by atoms with van der Waals surface area (Å²) in [7, 11) is 4.10. The minimum atomic E-state index is 0.203. The Bertz CT molecular complexity index is 260. The molecule has 4 nitrogen and oxygen atoms in total. The molecule has 1 aliphatic carbocycles. The van der Waals surface area contributed by atoms with Crippen LogP contribution in [0.5, 0.6) is 0 Å². The summed E-state index contributed by atoms with van der Waals surface area (Å²) in [6.45, 7) is 5.93. The maximum Gasteiger partial charge on any atom is 0.225 e. The van der Waals surface area contributed by atoms with E-state index in [1.807, 2.05) is 4.90 Å². The van der Waals surface area contributed by atoms with Gasteiger partial charge in [0.05, 0.1) is 0 Å². The molecule has 0 aromatic heterocycles. The first-order valence-electron chi connectivity index (χ1n) is 7.16. The molecule has 0 saturated heterocycles. The zero-order valence-corrected chi connectivity index (χ0v) is 12.4. The van der Waals surface area contributed by atoms with Crippen LogP contribution in [0, 0.1) is 5.92 Å². The van der Waals surface area contributed by atoms with Crippen molar-refractivity contribution in [2.75, 3.05) is 27.2 Å². The lowest BCUT2D eigenvalue weighted by atomic mass is 9.85. The van der Waals surface area contributed by atoms with Crippen LogP contribution in [0.3, 0.4) is 0 Å². The van der Waals surface area contributed by atoms with E-state index in [-0.39, 0.29) is 12.0 Å². The number of nitrogens with zero attached hydrogens (tertiary/aromatic N) is 2. The van der Waals surface area contributed by atoms with Crippen molar-refractivity contribution in [3.8, 4) is 0 Å². The molecular formula is C14H29N3O. The van der Waals surface area contributed by atoms with E-state index in [0.29, 0.717) is 11.9 Å². The average Bonchev–Trinajstić information content (AvgIpc) is 2.29. The lowest BCUT2D eigenvalue weighted by Crippen LogP contribution is -2.47. The quantitative estimate of drug-likeness (QED) is 0.805. The molecule has 106 valence electrons. The number of rotatable bonds is 5. The van der Waals surface area contributed by atoms with Gasteiger partial charge in [-0.05, 0) is 53.6 Å². The van der Waals surface area contributed by atoms with Gasteiger partial charge in [-0.2, -0.15) is 0 Å². The van der Waals surface area contributed by atoms with Crippen LogP contribution in [0.15, 0.2) is 0 Å². The molecular weight excluding hydrogens is 226 g/mol. The van der Waals surface area contributed by atoms with Crippen LogP contribution in [0.2, 0.25) is 0 Å². The second-order valence-electron chi connectivity index (χ2n) is 5.85. The molecule has 0 aromatic carbocycles. The summed E-state index contributed by atoms with van der Waals surface area (Å²) in [6, 6.07) is 0.594. The molecule has 4 heteroatoms. The summed E-state index contributed by atoms with van der Waals surface area (Å²) in [5.41, 5.74) is 5.90. The third-order valence-corrected chi connectivity index (χ3v) is 3.91. The van der Waals surface area contributed by atoms with Crippen molar-refractivity contribution < 1.29 is 4.79 Å². The van der Waals surface area contributed by atoms with Gasteiger partial charge in [0, 0.05) is 31.1 Å². The maximum atomic E-state index is 12.5. The van der Waals surface area contributed by atoms with E-state index in [2.05, 4.69) is 32.8 Å². The van der Waals surface area contributed by atoms with Gasteiger partial charge in [0.15, 0.2) is 0 Å². The molecule has 1 atom stereocenters. The SMILES string of the molecule is CCN(C(=O)C1CCC(N)CC1)C(C)CN(C)C. The van der Waals surface area contributed by atoms with Gasteiger partial charge < -0.3 is 15.5 Å². The molecule has 1 rings (SSSR count). The molecule has 1 saturated carbocycles. The van der Waals surface area contributed by atoms with Crippen molar-refractivity contribution in [3.63, 3.8) is 0 Å². The number of amides is 1. The Morgan fingerprint density at radius 2 is 1.83 bits per heavy atom. The maximum absolute atomic E-state index is 12.5. The predicted octanol–water partition coefficient (Wildman–Crippen LogP) is 1.30. The minimum absolute atomic E-state index is 0.203. The second kappa shape index (κ2) is 7.10. The summed E-state index contributed by atoms with van der Waals surface area (Å²) in [5, 5.41) is 0. The monoisotopic (exact) mass is 255 g/mol. The van der Waals surface area contributed by atoms with Crippen LogP contribution >= 0.6 is 0 Å². The van der Waals surface area contributed by atoms with Crippen molar-refractivity contribution in [2.24, 2.45) is 11.7 Å². The van der Waals surface area contributed by atoms with Crippen LogP contribution in [-0.2, 0) is 4.79 Å². The van der Waals surface area contributed by atoms with Gasteiger partial charge in [0.2, 0.25) is 5.91 Å². The number of nitrogens with two attached hydrogens (primary N) is 1. The third kappa shape index (κ3) is 4.25. The van der Waals surface area contributed by atoms with Crippen molar-refractivity contribution in [1.29, 1.82) is 0 Å². The summed E-state index contributed by atoms with van der Waals surface area (Å²) >= 11 is 0. The highest BCUT2D eigenvalue weighted by Crippen LogP contribution is 2.25. The third-order valence-electron chi connectivity index (χ3n) is 3.91. The largest absolute Gasteiger partial charge is 0.339 e. The van der Waals surface area contributed by atoms with Gasteiger partial charge in [-0.15, -0.1) is 0 Å². The van der Waals surface area contributed by atoms with Gasteiger partial charge in [-0.1, -0.05) is 0 Å². The lowest BCUT2D eigenvalue weighted by molar-refractivity contribution is -0.138. The van der Waals surface area contributed by atoms with Crippen LogP contribution < -0.4 is 5.73 Å². The predicted molar refractivity (Wildman–Crippen MR) is 75.3 cm³/mol. The van der Waals surface area contributed by atoms with E-state index in [0.717, 1.165) is 38.8 Å². The van der Waals surface area contributed by atoms with E-state index in [9.17, 15) is 4.79 Å². The summed E-state index contributed by atoms with van der Waals surface area (Å²) in [4.78, 5) is 16.7. The average molecular weight is 255 g/mol. The van der Waals surface area contributed by atoms with Crippen molar-refractivity contribution in [2.45, 2.75) is 51.6 Å². The van der Waals surface area contributed by atoms with E-state index < -0.39 is 0 Å². The Kier molecular flexibility index (Phi) is 6.09. The fourth-order valence-electron chi connectivity index (χ4n) is 2.91. The molecule has 0 aromatic rings. The van der Waals surface area contributed by atoms with Crippen LogP contribution in [0.25, 0.3) is 0 Å². The highest BCUT2D eigenvalue weighted by molar-refractivity contribution is 5.79. The first-order valence-corrected chi connectivity index (χ1v) is 7.16. The van der Waals surface area contributed by atoms with E-state index in [1.165, 1.54) is 0 Å². The number of hydrogen-bond acceptors (Lipinski definition) is 3. The number of carbonyl (C=O) groups excluding carboxylic acids is 1. The Morgan fingerprint density at radius 3 is 2.28 bits per heavy atom. The van der Waals surface area contributed by atoms with E-state index in [1.54, 1.807) is 0 Å². The highest BCUT2D eigenvalue weighted by Gasteiger charge is 2.29. The smallest absolute Gasteiger partial charge is 0.225 e. The molecule has 1 unspecified atom stereocenters. The zero-order chi connectivity index (χ0) is 13.7. The van der Waals surface area contributed by atoms with Gasteiger partial charge in [0.25, 0.3) is 0 Å². The molecule has 18 heavy (non-hydrogen) atoms. The van der Waals surface area contributed by atoms with Crippen molar-refractivity contribution >= 4 is 5.91 Å². The molecule has 1 amide bonds. The van der Waals surface area contributed by atoms with Gasteiger partial charge in [-0.25, -0.2) is 0 Å². The fourth-order valence-corrected chi connectivity index (χ4v) is 2.91. The molecule has 1 fully saturated rings. The van der Waals surface area contributed by atoms with E-state index >= 15 is 0 Å². The van der Waals surface area contributed by atoms with Crippen LogP contribution in [-0.4, -0.2) is 55.0 Å². The van der Waals surface area contributed by atoms with E-state index in [4.69, 9.17) is 5.73 Å². The fraction of sp³-hybridized carbons (Fsp3) is 0.929.